The Kier molecular flexibility index (Phi) is 2.94. The summed E-state index contributed by atoms with van der Waals surface area (Å²) in [6.07, 6.45) is 9.86. The molecule has 0 aromatic carbocycles. The van der Waals surface area contributed by atoms with E-state index in [-0.39, 0.29) is 11.3 Å². The molecule has 0 aliphatic heterocycles. The highest BCUT2D eigenvalue weighted by Crippen LogP contribution is 2.64. The molecule has 4 fully saturated rings. The number of Topliss-reactive ketones (excluding diaryl/α,β-unsaturated/α-hetero) is 2. The summed E-state index contributed by atoms with van der Waals surface area (Å²) in [5, 5.41) is 0. The molecule has 4 aliphatic carbocycles. The lowest BCUT2D eigenvalue weighted by Crippen LogP contribution is -2.56. The third-order valence-electron chi connectivity index (χ3n) is 8.10. The molecular formula is C19H28O2. The molecule has 0 amide bonds. The lowest BCUT2D eigenvalue weighted by molar-refractivity contribution is -0.156. The summed E-state index contributed by atoms with van der Waals surface area (Å²) in [4.78, 5) is 25.3. The summed E-state index contributed by atoms with van der Waals surface area (Å²) < 4.78 is 0. The van der Waals surface area contributed by atoms with E-state index < -0.39 is 0 Å². The van der Waals surface area contributed by atoms with Crippen LogP contribution in [-0.2, 0) is 9.59 Å². The van der Waals surface area contributed by atoms with Gasteiger partial charge in [-0.15, -0.1) is 0 Å². The van der Waals surface area contributed by atoms with Crippen LogP contribution in [0.5, 0.6) is 0 Å². The molecule has 0 radical (unpaired) electrons. The average molecular weight is 288 g/mol. The topological polar surface area (TPSA) is 34.1 Å². The molecule has 0 aromatic rings. The first-order valence-electron chi connectivity index (χ1n) is 9.03. The van der Waals surface area contributed by atoms with Crippen molar-refractivity contribution in [2.75, 3.05) is 0 Å². The molecule has 0 N–H and O–H groups in total. The van der Waals surface area contributed by atoms with E-state index in [0.717, 1.165) is 32.1 Å². The van der Waals surface area contributed by atoms with Crippen LogP contribution < -0.4 is 0 Å². The van der Waals surface area contributed by atoms with Crippen LogP contribution in [0.15, 0.2) is 0 Å². The van der Waals surface area contributed by atoms with Gasteiger partial charge in [-0.3, -0.25) is 9.59 Å². The predicted octanol–water partition coefficient (Wildman–Crippen LogP) is 4.17. The lowest BCUT2D eigenvalue weighted by Gasteiger charge is -2.58. The number of carbonyl (C=O) groups excluding carboxylic acids is 2. The SMILES string of the molecule is C[C@@]12CCCC[C@H]1CC(=O)[C@H]1[C@H]3CCC(=O)[C@]3(C)CC[C@@H]12. The van der Waals surface area contributed by atoms with Gasteiger partial charge in [0.25, 0.3) is 0 Å². The third kappa shape index (κ3) is 1.71. The molecule has 116 valence electrons. The van der Waals surface area contributed by atoms with Crippen molar-refractivity contribution in [1.29, 1.82) is 0 Å². The summed E-state index contributed by atoms with van der Waals surface area (Å²) in [6.45, 7) is 4.63. The number of hydrogen-bond donors (Lipinski definition) is 0. The Bertz CT molecular complexity index is 496. The minimum absolute atomic E-state index is 0.172. The minimum atomic E-state index is -0.172. The largest absolute Gasteiger partial charge is 0.299 e. The molecule has 0 saturated heterocycles. The van der Waals surface area contributed by atoms with Gasteiger partial charge in [0.1, 0.15) is 11.6 Å². The highest BCUT2D eigenvalue weighted by atomic mass is 16.1. The van der Waals surface area contributed by atoms with Gasteiger partial charge in [-0.05, 0) is 55.3 Å². The van der Waals surface area contributed by atoms with Gasteiger partial charge in [-0.1, -0.05) is 26.7 Å². The van der Waals surface area contributed by atoms with E-state index >= 15 is 0 Å². The van der Waals surface area contributed by atoms with Gasteiger partial charge in [-0.25, -0.2) is 0 Å². The van der Waals surface area contributed by atoms with Crippen LogP contribution in [0.2, 0.25) is 0 Å². The molecule has 2 nitrogen and oxygen atoms in total. The van der Waals surface area contributed by atoms with E-state index in [4.69, 9.17) is 0 Å². The van der Waals surface area contributed by atoms with Crippen molar-refractivity contribution in [2.45, 2.75) is 71.6 Å². The molecule has 4 saturated carbocycles. The zero-order valence-corrected chi connectivity index (χ0v) is 13.5. The first-order valence-corrected chi connectivity index (χ1v) is 9.03. The third-order valence-corrected chi connectivity index (χ3v) is 8.10. The second-order valence-electron chi connectivity index (χ2n) is 8.78. The Morgan fingerprint density at radius 2 is 1.76 bits per heavy atom. The summed E-state index contributed by atoms with van der Waals surface area (Å²) in [5.74, 6) is 2.70. The molecular weight excluding hydrogens is 260 g/mol. The summed E-state index contributed by atoms with van der Waals surface area (Å²) in [5.41, 5.74) is 0.207. The molecule has 0 unspecified atom stereocenters. The fourth-order valence-electron chi connectivity index (χ4n) is 6.74. The number of carbonyl (C=O) groups is 2. The monoisotopic (exact) mass is 288 g/mol. The van der Waals surface area contributed by atoms with Crippen LogP contribution in [0.4, 0.5) is 0 Å². The van der Waals surface area contributed by atoms with Crippen molar-refractivity contribution in [2.24, 2.45) is 34.5 Å². The molecule has 0 heterocycles. The van der Waals surface area contributed by atoms with Crippen LogP contribution in [0.25, 0.3) is 0 Å². The fourth-order valence-corrected chi connectivity index (χ4v) is 6.74. The maximum absolute atomic E-state index is 12.9. The highest BCUT2D eigenvalue weighted by Gasteiger charge is 2.62. The van der Waals surface area contributed by atoms with Gasteiger partial charge in [-0.2, -0.15) is 0 Å². The van der Waals surface area contributed by atoms with E-state index in [1.807, 2.05) is 0 Å². The second-order valence-corrected chi connectivity index (χ2v) is 8.78. The molecule has 4 rings (SSSR count). The van der Waals surface area contributed by atoms with Crippen molar-refractivity contribution in [3.05, 3.63) is 0 Å². The normalized spacial score (nSPS) is 53.0. The molecule has 0 bridgehead atoms. The smallest absolute Gasteiger partial charge is 0.139 e. The van der Waals surface area contributed by atoms with E-state index in [0.29, 0.717) is 34.7 Å². The van der Waals surface area contributed by atoms with E-state index in [2.05, 4.69) is 13.8 Å². The summed E-state index contributed by atoms with van der Waals surface area (Å²) in [6, 6.07) is 0. The van der Waals surface area contributed by atoms with Gasteiger partial charge in [0, 0.05) is 24.2 Å². The lowest BCUT2D eigenvalue weighted by atomic mass is 9.45. The molecule has 21 heavy (non-hydrogen) atoms. The average Bonchev–Trinajstić information content (AvgIpc) is 2.76. The Labute approximate surface area is 128 Å². The second kappa shape index (κ2) is 4.43. The van der Waals surface area contributed by atoms with Crippen molar-refractivity contribution in [3.8, 4) is 0 Å². The van der Waals surface area contributed by atoms with Crippen molar-refractivity contribution >= 4 is 11.6 Å². The first kappa shape index (κ1) is 14.0. The fraction of sp³-hybridized carbons (Fsp3) is 0.895. The van der Waals surface area contributed by atoms with Crippen molar-refractivity contribution < 1.29 is 9.59 Å². The van der Waals surface area contributed by atoms with Crippen LogP contribution >= 0.6 is 0 Å². The number of rotatable bonds is 0. The summed E-state index contributed by atoms with van der Waals surface area (Å²) >= 11 is 0. The molecule has 0 aromatic heterocycles. The molecule has 6 atom stereocenters. The molecule has 4 aliphatic rings. The van der Waals surface area contributed by atoms with Crippen LogP contribution in [0, 0.1) is 34.5 Å². The highest BCUT2D eigenvalue weighted by molar-refractivity contribution is 5.90. The zero-order valence-electron chi connectivity index (χ0n) is 13.5. The number of ketones is 2. The number of hydrogen-bond acceptors (Lipinski definition) is 2. The Morgan fingerprint density at radius 1 is 0.952 bits per heavy atom. The maximum atomic E-state index is 12.9. The quantitative estimate of drug-likeness (QED) is 0.670. The van der Waals surface area contributed by atoms with Gasteiger partial charge < -0.3 is 0 Å². The van der Waals surface area contributed by atoms with Crippen LogP contribution in [0.1, 0.15) is 71.6 Å². The maximum Gasteiger partial charge on any atom is 0.139 e. The van der Waals surface area contributed by atoms with Gasteiger partial charge in [0.2, 0.25) is 0 Å². The van der Waals surface area contributed by atoms with Gasteiger partial charge >= 0.3 is 0 Å². The van der Waals surface area contributed by atoms with Crippen LogP contribution in [0.3, 0.4) is 0 Å². The van der Waals surface area contributed by atoms with Crippen molar-refractivity contribution in [1.82, 2.24) is 0 Å². The minimum Gasteiger partial charge on any atom is -0.299 e. The Hall–Kier alpha value is -0.660. The van der Waals surface area contributed by atoms with Gasteiger partial charge in [0.15, 0.2) is 0 Å². The number of fused-ring (bicyclic) bond motifs is 5. The standard InChI is InChI=1S/C19H28O2/c1-18-9-4-3-5-12(18)11-15(20)17-13-6-7-16(21)19(13,2)10-8-14(17)18/h12-14,17H,3-11H2,1-2H3/t12-,13+,14-,17-,18+,19+/m0/s1. The molecule has 0 spiro atoms. The Balaban J connectivity index is 1.72. The Morgan fingerprint density at radius 3 is 2.57 bits per heavy atom. The van der Waals surface area contributed by atoms with E-state index in [1.165, 1.54) is 25.7 Å². The zero-order chi connectivity index (χ0) is 14.8. The van der Waals surface area contributed by atoms with E-state index in [1.54, 1.807) is 0 Å². The van der Waals surface area contributed by atoms with E-state index in [9.17, 15) is 9.59 Å². The predicted molar refractivity (Wildman–Crippen MR) is 81.7 cm³/mol. The van der Waals surface area contributed by atoms with Crippen LogP contribution in [-0.4, -0.2) is 11.6 Å². The van der Waals surface area contributed by atoms with Gasteiger partial charge in [0.05, 0.1) is 0 Å². The molecule has 2 heteroatoms. The van der Waals surface area contributed by atoms with Crippen molar-refractivity contribution in [3.63, 3.8) is 0 Å². The first-order chi connectivity index (χ1) is 9.97. The summed E-state index contributed by atoms with van der Waals surface area (Å²) in [7, 11) is 0.